The number of hydrogen-bond acceptors (Lipinski definition) is 4. The van der Waals surface area contributed by atoms with Crippen molar-refractivity contribution < 1.29 is 18.7 Å². The van der Waals surface area contributed by atoms with Crippen molar-refractivity contribution in [1.29, 1.82) is 0 Å². The minimum Gasteiger partial charge on any atom is -0.451 e. The minimum atomic E-state index is -0.460. The second-order valence-corrected chi connectivity index (χ2v) is 3.76. The number of amides is 1. The van der Waals surface area contributed by atoms with Crippen molar-refractivity contribution in [2.24, 2.45) is 0 Å². The van der Waals surface area contributed by atoms with Crippen LogP contribution in [0.2, 0.25) is 0 Å². The zero-order chi connectivity index (χ0) is 13.0. The van der Waals surface area contributed by atoms with E-state index in [0.717, 1.165) is 5.39 Å². The van der Waals surface area contributed by atoms with Gasteiger partial charge in [0, 0.05) is 19.6 Å². The summed E-state index contributed by atoms with van der Waals surface area (Å²) in [6.07, 6.45) is -0.460. The van der Waals surface area contributed by atoms with Gasteiger partial charge < -0.3 is 19.2 Å². The van der Waals surface area contributed by atoms with Crippen LogP contribution in [0.3, 0.4) is 0 Å². The fourth-order valence-electron chi connectivity index (χ4n) is 1.62. The van der Waals surface area contributed by atoms with Crippen LogP contribution < -0.4 is 5.32 Å². The van der Waals surface area contributed by atoms with Gasteiger partial charge in [-0.25, -0.2) is 0 Å². The van der Waals surface area contributed by atoms with Crippen molar-refractivity contribution >= 4 is 16.9 Å². The summed E-state index contributed by atoms with van der Waals surface area (Å²) in [6, 6.07) is 9.17. The second kappa shape index (κ2) is 5.66. The Morgan fingerprint density at radius 2 is 2.06 bits per heavy atom. The van der Waals surface area contributed by atoms with Crippen LogP contribution in [0.15, 0.2) is 34.7 Å². The van der Waals surface area contributed by atoms with E-state index in [9.17, 15) is 4.79 Å². The van der Waals surface area contributed by atoms with Gasteiger partial charge >= 0.3 is 0 Å². The van der Waals surface area contributed by atoms with Gasteiger partial charge in [-0.05, 0) is 12.1 Å². The summed E-state index contributed by atoms with van der Waals surface area (Å²) in [4.78, 5) is 11.8. The number of benzene rings is 1. The molecule has 0 saturated carbocycles. The van der Waals surface area contributed by atoms with Crippen LogP contribution in [0.25, 0.3) is 11.0 Å². The molecule has 0 aliphatic heterocycles. The summed E-state index contributed by atoms with van der Waals surface area (Å²) < 4.78 is 15.4. The average molecular weight is 249 g/mol. The number of ether oxygens (including phenoxy) is 2. The summed E-state index contributed by atoms with van der Waals surface area (Å²) in [6.45, 7) is 0.267. The Balaban J connectivity index is 2.04. The smallest absolute Gasteiger partial charge is 0.287 e. The standard InChI is InChI=1S/C13H15NO4/c1-16-12(17-2)8-14-13(15)11-7-9-5-3-4-6-10(9)18-11/h3-7,12H,8H2,1-2H3,(H,14,15). The van der Waals surface area contributed by atoms with E-state index in [1.807, 2.05) is 24.3 Å². The maximum absolute atomic E-state index is 11.8. The van der Waals surface area contributed by atoms with Crippen LogP contribution in [-0.4, -0.2) is 33.0 Å². The first kappa shape index (κ1) is 12.6. The Bertz CT molecular complexity index is 498. The molecular formula is C13H15NO4. The molecule has 18 heavy (non-hydrogen) atoms. The number of methoxy groups -OCH3 is 2. The molecular weight excluding hydrogens is 234 g/mol. The molecule has 2 aromatic rings. The number of carbonyl (C=O) groups excluding carboxylic acids is 1. The average Bonchev–Trinajstić information content (AvgIpc) is 2.83. The van der Waals surface area contributed by atoms with Crippen LogP contribution in [0, 0.1) is 0 Å². The fraction of sp³-hybridized carbons (Fsp3) is 0.308. The number of hydrogen-bond donors (Lipinski definition) is 1. The topological polar surface area (TPSA) is 60.7 Å². The van der Waals surface area contributed by atoms with Gasteiger partial charge in [0.25, 0.3) is 5.91 Å². The maximum Gasteiger partial charge on any atom is 0.287 e. The van der Waals surface area contributed by atoms with E-state index in [2.05, 4.69) is 5.32 Å². The summed E-state index contributed by atoms with van der Waals surface area (Å²) in [5.41, 5.74) is 0.692. The monoisotopic (exact) mass is 249 g/mol. The molecule has 1 N–H and O–H groups in total. The Morgan fingerprint density at radius 3 is 2.72 bits per heavy atom. The van der Waals surface area contributed by atoms with Crippen LogP contribution in [0.5, 0.6) is 0 Å². The van der Waals surface area contributed by atoms with Gasteiger partial charge in [-0.15, -0.1) is 0 Å². The largest absolute Gasteiger partial charge is 0.451 e. The van der Waals surface area contributed by atoms with Crippen molar-refractivity contribution in [2.45, 2.75) is 6.29 Å². The highest BCUT2D eigenvalue weighted by Crippen LogP contribution is 2.18. The van der Waals surface area contributed by atoms with Gasteiger partial charge in [0.15, 0.2) is 12.1 Å². The van der Waals surface area contributed by atoms with E-state index < -0.39 is 6.29 Å². The Morgan fingerprint density at radius 1 is 1.33 bits per heavy atom. The van der Waals surface area contributed by atoms with E-state index in [1.165, 1.54) is 14.2 Å². The predicted octanol–water partition coefficient (Wildman–Crippen LogP) is 1.78. The molecule has 0 bridgehead atoms. The molecule has 0 aliphatic rings. The molecule has 0 radical (unpaired) electrons. The lowest BCUT2D eigenvalue weighted by molar-refractivity contribution is -0.0975. The Hall–Kier alpha value is -1.85. The maximum atomic E-state index is 11.8. The van der Waals surface area contributed by atoms with Gasteiger partial charge in [0.1, 0.15) is 5.58 Å². The zero-order valence-corrected chi connectivity index (χ0v) is 10.3. The first-order chi connectivity index (χ1) is 8.74. The highest BCUT2D eigenvalue weighted by Gasteiger charge is 2.13. The van der Waals surface area contributed by atoms with E-state index in [-0.39, 0.29) is 18.2 Å². The normalized spacial score (nSPS) is 11.1. The van der Waals surface area contributed by atoms with Crippen LogP contribution >= 0.6 is 0 Å². The van der Waals surface area contributed by atoms with E-state index in [1.54, 1.807) is 6.07 Å². The van der Waals surface area contributed by atoms with Crippen LogP contribution in [-0.2, 0) is 9.47 Å². The SMILES string of the molecule is COC(CNC(=O)c1cc2ccccc2o1)OC. The third-order valence-electron chi connectivity index (χ3n) is 2.60. The molecule has 5 heteroatoms. The lowest BCUT2D eigenvalue weighted by Crippen LogP contribution is -2.33. The van der Waals surface area contributed by atoms with Gasteiger partial charge in [0.2, 0.25) is 0 Å². The number of furan rings is 1. The number of fused-ring (bicyclic) bond motifs is 1. The third kappa shape index (κ3) is 2.69. The molecule has 1 amide bonds. The lowest BCUT2D eigenvalue weighted by Gasteiger charge is -2.13. The van der Waals surface area contributed by atoms with Gasteiger partial charge in [-0.2, -0.15) is 0 Å². The molecule has 1 aromatic heterocycles. The molecule has 0 fully saturated rings. The van der Waals surface area contributed by atoms with Crippen LogP contribution in [0.4, 0.5) is 0 Å². The van der Waals surface area contributed by atoms with E-state index in [0.29, 0.717) is 5.58 Å². The highest BCUT2D eigenvalue weighted by molar-refractivity contribution is 5.96. The van der Waals surface area contributed by atoms with E-state index in [4.69, 9.17) is 13.9 Å². The lowest BCUT2D eigenvalue weighted by atomic mass is 10.2. The quantitative estimate of drug-likeness (QED) is 0.820. The highest BCUT2D eigenvalue weighted by atomic mass is 16.7. The zero-order valence-electron chi connectivity index (χ0n) is 10.3. The molecule has 1 aromatic carbocycles. The Kier molecular flexibility index (Phi) is 3.96. The molecule has 96 valence electrons. The van der Waals surface area contributed by atoms with Crippen molar-refractivity contribution in [2.75, 3.05) is 20.8 Å². The number of nitrogens with one attached hydrogen (secondary N) is 1. The second-order valence-electron chi connectivity index (χ2n) is 3.76. The first-order valence-electron chi connectivity index (χ1n) is 5.57. The van der Waals surface area contributed by atoms with Crippen LogP contribution in [0.1, 0.15) is 10.6 Å². The Labute approximate surface area is 105 Å². The molecule has 0 unspecified atom stereocenters. The molecule has 0 saturated heterocycles. The number of rotatable bonds is 5. The third-order valence-corrected chi connectivity index (χ3v) is 2.60. The van der Waals surface area contributed by atoms with Gasteiger partial charge in [0.05, 0.1) is 6.54 Å². The summed E-state index contributed by atoms with van der Waals surface area (Å²) in [7, 11) is 3.03. The van der Waals surface area contributed by atoms with Crippen molar-refractivity contribution in [3.63, 3.8) is 0 Å². The molecule has 1 heterocycles. The summed E-state index contributed by atoms with van der Waals surface area (Å²) >= 11 is 0. The molecule has 0 aliphatic carbocycles. The minimum absolute atomic E-state index is 0.267. The fourth-order valence-corrected chi connectivity index (χ4v) is 1.62. The predicted molar refractivity (Wildman–Crippen MR) is 66.4 cm³/mol. The molecule has 0 atom stereocenters. The van der Waals surface area contributed by atoms with Crippen molar-refractivity contribution in [3.8, 4) is 0 Å². The van der Waals surface area contributed by atoms with Gasteiger partial charge in [-0.3, -0.25) is 4.79 Å². The van der Waals surface area contributed by atoms with E-state index >= 15 is 0 Å². The number of para-hydroxylation sites is 1. The van der Waals surface area contributed by atoms with Crippen molar-refractivity contribution in [1.82, 2.24) is 5.32 Å². The van der Waals surface area contributed by atoms with Crippen molar-refractivity contribution in [3.05, 3.63) is 36.1 Å². The van der Waals surface area contributed by atoms with Gasteiger partial charge in [-0.1, -0.05) is 18.2 Å². The molecule has 2 rings (SSSR count). The summed E-state index contributed by atoms with van der Waals surface area (Å²) in [5.74, 6) is -0.00699. The number of carbonyl (C=O) groups is 1. The summed E-state index contributed by atoms with van der Waals surface area (Å²) in [5, 5.41) is 3.58. The first-order valence-corrected chi connectivity index (χ1v) is 5.57. The molecule has 5 nitrogen and oxygen atoms in total. The molecule has 0 spiro atoms.